The van der Waals surface area contributed by atoms with E-state index in [9.17, 15) is 23.3 Å². The number of benzene rings is 1. The van der Waals surface area contributed by atoms with Crippen molar-refractivity contribution in [3.63, 3.8) is 0 Å². The minimum absolute atomic E-state index is 0.0579. The number of hydrogen-bond acceptors (Lipinski definition) is 6. The first-order chi connectivity index (χ1) is 13.1. The van der Waals surface area contributed by atoms with Gasteiger partial charge in [-0.3, -0.25) is 14.9 Å². The molecule has 0 bridgehead atoms. The van der Waals surface area contributed by atoms with Crippen LogP contribution in [0, 0.1) is 22.0 Å². The van der Waals surface area contributed by atoms with E-state index in [1.54, 1.807) is 12.1 Å². The van der Waals surface area contributed by atoms with Gasteiger partial charge in [0.15, 0.2) is 0 Å². The fraction of sp³-hybridized carbons (Fsp3) is 0.632. The summed E-state index contributed by atoms with van der Waals surface area (Å²) < 4.78 is 23.0. The molecule has 2 atom stereocenters. The zero-order valence-corrected chi connectivity index (χ0v) is 17.1. The van der Waals surface area contributed by atoms with Crippen molar-refractivity contribution in [2.24, 2.45) is 11.8 Å². The molecule has 1 N–H and O–H groups in total. The topological polar surface area (TPSA) is 110 Å². The number of nitrogens with one attached hydrogen (secondary N) is 1. The van der Waals surface area contributed by atoms with Crippen LogP contribution in [-0.4, -0.2) is 49.9 Å². The molecule has 1 amide bonds. The van der Waals surface area contributed by atoms with Crippen molar-refractivity contribution in [2.75, 3.05) is 29.5 Å². The van der Waals surface area contributed by atoms with E-state index in [1.165, 1.54) is 6.07 Å². The molecule has 0 aliphatic carbocycles. The van der Waals surface area contributed by atoms with Crippen LogP contribution in [-0.2, 0) is 9.84 Å². The highest BCUT2D eigenvalue weighted by Crippen LogP contribution is 2.34. The van der Waals surface area contributed by atoms with Crippen LogP contribution in [0.4, 0.5) is 11.4 Å². The normalized spacial score (nSPS) is 25.3. The van der Waals surface area contributed by atoms with Crippen LogP contribution in [0.3, 0.4) is 0 Å². The summed E-state index contributed by atoms with van der Waals surface area (Å²) in [5.74, 6) is 0.618. The van der Waals surface area contributed by atoms with E-state index in [1.807, 2.05) is 4.90 Å². The van der Waals surface area contributed by atoms with Crippen molar-refractivity contribution in [1.29, 1.82) is 0 Å². The van der Waals surface area contributed by atoms with E-state index < -0.39 is 20.7 Å². The lowest BCUT2D eigenvalue weighted by molar-refractivity contribution is -0.384. The van der Waals surface area contributed by atoms with Gasteiger partial charge >= 0.3 is 0 Å². The van der Waals surface area contributed by atoms with Gasteiger partial charge in [0, 0.05) is 30.8 Å². The van der Waals surface area contributed by atoms with Gasteiger partial charge in [0.25, 0.3) is 11.6 Å². The summed E-state index contributed by atoms with van der Waals surface area (Å²) >= 11 is 0. The van der Waals surface area contributed by atoms with Gasteiger partial charge in [0.2, 0.25) is 0 Å². The van der Waals surface area contributed by atoms with E-state index >= 15 is 0 Å². The second kappa shape index (κ2) is 8.06. The summed E-state index contributed by atoms with van der Waals surface area (Å²) in [7, 11) is -3.01. The molecule has 2 fully saturated rings. The molecule has 1 aromatic rings. The number of piperidine rings is 1. The Balaban J connectivity index is 1.77. The van der Waals surface area contributed by atoms with Gasteiger partial charge < -0.3 is 10.2 Å². The second-order valence-corrected chi connectivity index (χ2v) is 10.5. The Morgan fingerprint density at radius 2 is 1.79 bits per heavy atom. The summed E-state index contributed by atoms with van der Waals surface area (Å²) in [6.07, 6.45) is 1.84. The van der Waals surface area contributed by atoms with Crippen LogP contribution < -0.4 is 10.2 Å². The number of carbonyl (C=O) groups excluding carboxylic acids is 1. The molecule has 0 saturated carbocycles. The first-order valence-corrected chi connectivity index (χ1v) is 11.5. The first-order valence-electron chi connectivity index (χ1n) is 9.69. The molecule has 2 unspecified atom stereocenters. The zero-order chi connectivity index (χ0) is 20.5. The smallest absolute Gasteiger partial charge is 0.293 e. The van der Waals surface area contributed by atoms with Crippen LogP contribution in [0.15, 0.2) is 18.2 Å². The monoisotopic (exact) mass is 409 g/mol. The standard InChI is InChI=1S/C19H27N3O5S/c1-13-9-14(2)12-21(11-13)17-4-3-15(10-18(17)22(24)25)19(23)20-16-5-7-28(26,27)8-6-16/h3-4,10,13-14,16H,5-9,11-12H2,1-2H3,(H,20,23). The maximum Gasteiger partial charge on any atom is 0.293 e. The molecule has 8 nitrogen and oxygen atoms in total. The van der Waals surface area contributed by atoms with Crippen LogP contribution >= 0.6 is 0 Å². The number of amides is 1. The molecule has 0 aromatic heterocycles. The largest absolute Gasteiger partial charge is 0.365 e. The third-order valence-electron chi connectivity index (χ3n) is 5.53. The van der Waals surface area contributed by atoms with Crippen molar-refractivity contribution < 1.29 is 18.1 Å². The third kappa shape index (κ3) is 4.81. The summed E-state index contributed by atoms with van der Waals surface area (Å²) in [5.41, 5.74) is 0.700. The highest BCUT2D eigenvalue weighted by Gasteiger charge is 2.29. The minimum atomic E-state index is -3.01. The zero-order valence-electron chi connectivity index (χ0n) is 16.3. The number of nitro groups is 1. The molecule has 1 aromatic carbocycles. The number of carbonyl (C=O) groups is 1. The molecule has 2 aliphatic heterocycles. The van der Waals surface area contributed by atoms with Crippen molar-refractivity contribution >= 4 is 27.1 Å². The Bertz CT molecular complexity index is 846. The van der Waals surface area contributed by atoms with Gasteiger partial charge in [-0.1, -0.05) is 13.8 Å². The molecule has 3 rings (SSSR count). The van der Waals surface area contributed by atoms with E-state index in [4.69, 9.17) is 0 Å². The second-order valence-electron chi connectivity index (χ2n) is 8.21. The maximum absolute atomic E-state index is 12.5. The summed E-state index contributed by atoms with van der Waals surface area (Å²) in [4.78, 5) is 25.8. The Hall–Kier alpha value is -2.16. The molecule has 9 heteroatoms. The fourth-order valence-electron chi connectivity index (χ4n) is 4.24. The number of nitro benzene ring substituents is 1. The summed E-state index contributed by atoms with van der Waals surface area (Å²) in [6.45, 7) is 5.79. The van der Waals surface area contributed by atoms with Crippen molar-refractivity contribution in [3.05, 3.63) is 33.9 Å². The number of nitrogens with zero attached hydrogens (tertiary/aromatic N) is 2. The summed E-state index contributed by atoms with van der Waals surface area (Å²) in [5, 5.41) is 14.5. The number of hydrogen-bond donors (Lipinski definition) is 1. The Morgan fingerprint density at radius 1 is 1.18 bits per heavy atom. The van der Waals surface area contributed by atoms with E-state index in [-0.39, 0.29) is 28.8 Å². The van der Waals surface area contributed by atoms with Crippen LogP contribution in [0.1, 0.15) is 43.5 Å². The molecular formula is C19H27N3O5S. The molecule has 154 valence electrons. The van der Waals surface area contributed by atoms with Crippen LogP contribution in [0.2, 0.25) is 0 Å². The lowest BCUT2D eigenvalue weighted by atomic mass is 9.91. The molecular weight excluding hydrogens is 382 g/mol. The van der Waals surface area contributed by atoms with Gasteiger partial charge in [0.05, 0.1) is 16.4 Å². The molecule has 28 heavy (non-hydrogen) atoms. The Labute approximate surface area is 165 Å². The van der Waals surface area contributed by atoms with Crippen molar-refractivity contribution in [1.82, 2.24) is 5.32 Å². The first kappa shape index (κ1) is 20.6. The predicted octanol–water partition coefficient (Wildman–Crippen LogP) is 2.38. The van der Waals surface area contributed by atoms with Crippen molar-refractivity contribution in [2.45, 2.75) is 39.2 Å². The average molecular weight is 410 g/mol. The number of sulfone groups is 1. The van der Waals surface area contributed by atoms with E-state index in [0.29, 0.717) is 30.4 Å². The molecule has 2 aliphatic rings. The van der Waals surface area contributed by atoms with Gasteiger partial charge in [-0.05, 0) is 43.2 Å². The highest BCUT2D eigenvalue weighted by molar-refractivity contribution is 7.91. The quantitative estimate of drug-likeness (QED) is 0.604. The Kier molecular flexibility index (Phi) is 5.92. The van der Waals surface area contributed by atoms with Crippen molar-refractivity contribution in [3.8, 4) is 0 Å². The molecule has 0 radical (unpaired) electrons. The minimum Gasteiger partial charge on any atom is -0.365 e. The number of anilines is 1. The predicted molar refractivity (Wildman–Crippen MR) is 107 cm³/mol. The van der Waals surface area contributed by atoms with Gasteiger partial charge in [-0.25, -0.2) is 8.42 Å². The maximum atomic E-state index is 12.5. The molecule has 2 heterocycles. The molecule has 2 saturated heterocycles. The average Bonchev–Trinajstić information content (AvgIpc) is 2.62. The SMILES string of the molecule is CC1CC(C)CN(c2ccc(C(=O)NC3CCS(=O)(=O)CC3)cc2[N+](=O)[O-])C1. The lowest BCUT2D eigenvalue weighted by Gasteiger charge is -2.36. The Morgan fingerprint density at radius 3 is 2.36 bits per heavy atom. The van der Waals surface area contributed by atoms with Gasteiger partial charge in [-0.2, -0.15) is 0 Å². The van der Waals surface area contributed by atoms with Crippen LogP contribution in [0.5, 0.6) is 0 Å². The van der Waals surface area contributed by atoms with Crippen LogP contribution in [0.25, 0.3) is 0 Å². The summed E-state index contributed by atoms with van der Waals surface area (Å²) in [6, 6.07) is 4.37. The highest BCUT2D eigenvalue weighted by atomic mass is 32.2. The fourth-order valence-corrected chi connectivity index (χ4v) is 5.73. The van der Waals surface area contributed by atoms with Gasteiger partial charge in [-0.15, -0.1) is 0 Å². The molecule has 0 spiro atoms. The van der Waals surface area contributed by atoms with E-state index in [0.717, 1.165) is 19.5 Å². The lowest BCUT2D eigenvalue weighted by Crippen LogP contribution is -2.41. The van der Waals surface area contributed by atoms with E-state index in [2.05, 4.69) is 19.2 Å². The van der Waals surface area contributed by atoms with Gasteiger partial charge in [0.1, 0.15) is 15.5 Å². The number of rotatable bonds is 4. The third-order valence-corrected chi connectivity index (χ3v) is 7.25.